The Morgan fingerprint density at radius 3 is 2.09 bits per heavy atom. The molecule has 262 valence electrons. The molecule has 0 radical (unpaired) electrons. The summed E-state index contributed by atoms with van der Waals surface area (Å²) < 4.78 is 14.1. The predicted molar refractivity (Wildman–Crippen MR) is 200 cm³/mol. The molecule has 0 aromatic rings. The smallest absolute Gasteiger partial charge is 0.243 e. The SMILES string of the molecule is C=C1C(=CC=C2CCC[C@]3(C)C([C@@H](C)ON(C(C)=O)C(C)(C)C)=CCC23)C[C@@H](O[Si](C)(C)C(C)(C)C)C[C@@H]1O[Si](C)(C)C(C)(C)C. The molecule has 1 unspecified atom stereocenters. The molecule has 0 saturated heterocycles. The second kappa shape index (κ2) is 13.6. The minimum atomic E-state index is -2.01. The molecule has 0 N–H and O–H groups in total. The van der Waals surface area contributed by atoms with Crippen molar-refractivity contribution in [2.45, 2.75) is 182 Å². The lowest BCUT2D eigenvalue weighted by molar-refractivity contribution is -0.226. The van der Waals surface area contributed by atoms with E-state index in [1.165, 1.54) is 16.7 Å². The van der Waals surface area contributed by atoms with Crippen LogP contribution in [0.2, 0.25) is 36.3 Å². The van der Waals surface area contributed by atoms with Crippen LogP contribution in [0.5, 0.6) is 0 Å². The first kappa shape index (κ1) is 39.2. The van der Waals surface area contributed by atoms with Gasteiger partial charge in [-0.1, -0.05) is 78.8 Å². The van der Waals surface area contributed by atoms with Crippen molar-refractivity contribution in [1.29, 1.82) is 0 Å². The van der Waals surface area contributed by atoms with Crippen LogP contribution < -0.4 is 0 Å². The molecule has 7 heteroatoms. The lowest BCUT2D eigenvalue weighted by Gasteiger charge is -2.45. The Morgan fingerprint density at radius 1 is 1.00 bits per heavy atom. The van der Waals surface area contributed by atoms with Crippen LogP contribution in [0.4, 0.5) is 0 Å². The Balaban J connectivity index is 1.92. The number of nitrogens with zero attached hydrogens (tertiary/aromatic N) is 1. The molecule has 0 aliphatic heterocycles. The van der Waals surface area contributed by atoms with Crippen LogP contribution in [0.3, 0.4) is 0 Å². The first-order chi connectivity index (χ1) is 20.7. The summed E-state index contributed by atoms with van der Waals surface area (Å²) in [6.45, 7) is 40.1. The van der Waals surface area contributed by atoms with Crippen molar-refractivity contribution in [1.82, 2.24) is 5.06 Å². The highest BCUT2D eigenvalue weighted by molar-refractivity contribution is 6.74. The third-order valence-corrected chi connectivity index (χ3v) is 21.0. The zero-order chi connectivity index (χ0) is 35.3. The number of hydrogen-bond acceptors (Lipinski definition) is 4. The third-order valence-electron chi connectivity index (χ3n) is 11.9. The van der Waals surface area contributed by atoms with E-state index in [4.69, 9.17) is 13.7 Å². The van der Waals surface area contributed by atoms with Crippen LogP contribution in [0.15, 0.2) is 47.1 Å². The highest BCUT2D eigenvalue weighted by Crippen LogP contribution is 2.56. The number of allylic oxidation sites excluding steroid dienone is 4. The predicted octanol–water partition coefficient (Wildman–Crippen LogP) is 11.1. The average molecular weight is 672 g/mol. The molecule has 5 nitrogen and oxygen atoms in total. The summed E-state index contributed by atoms with van der Waals surface area (Å²) in [5.41, 5.74) is 4.88. The molecule has 3 aliphatic rings. The molecule has 0 aromatic heterocycles. The lowest BCUT2D eigenvalue weighted by atomic mass is 9.63. The molecule has 5 atom stereocenters. The Kier molecular flexibility index (Phi) is 11.6. The van der Waals surface area contributed by atoms with Gasteiger partial charge in [0.05, 0.1) is 17.7 Å². The second-order valence-electron chi connectivity index (χ2n) is 18.7. The van der Waals surface area contributed by atoms with E-state index < -0.39 is 22.2 Å². The fraction of sp³-hybridized carbons (Fsp3) is 0.769. The van der Waals surface area contributed by atoms with E-state index in [0.717, 1.165) is 44.1 Å². The van der Waals surface area contributed by atoms with Gasteiger partial charge in [-0.3, -0.25) is 9.63 Å². The molecular formula is C39H69NO4Si2. The molecule has 1 amide bonds. The molecule has 0 heterocycles. The number of fused-ring (bicyclic) bond motifs is 1. The van der Waals surface area contributed by atoms with Gasteiger partial charge in [-0.25, -0.2) is 5.06 Å². The minimum Gasteiger partial charge on any atom is -0.413 e. The van der Waals surface area contributed by atoms with Gasteiger partial charge in [-0.2, -0.15) is 0 Å². The first-order valence-electron chi connectivity index (χ1n) is 17.8. The van der Waals surface area contributed by atoms with Crippen LogP contribution in [-0.4, -0.2) is 51.5 Å². The van der Waals surface area contributed by atoms with Gasteiger partial charge in [0.2, 0.25) is 5.91 Å². The number of hydroxylamine groups is 2. The average Bonchev–Trinajstić information content (AvgIpc) is 3.23. The van der Waals surface area contributed by atoms with Gasteiger partial charge >= 0.3 is 0 Å². The molecule has 3 aliphatic carbocycles. The zero-order valence-electron chi connectivity index (χ0n) is 32.6. The van der Waals surface area contributed by atoms with E-state index >= 15 is 0 Å². The summed E-state index contributed by atoms with van der Waals surface area (Å²) in [5, 5.41) is 1.83. The molecule has 0 aromatic carbocycles. The molecular weight excluding hydrogens is 603 g/mol. The van der Waals surface area contributed by atoms with E-state index in [2.05, 4.69) is 106 Å². The van der Waals surface area contributed by atoms with Gasteiger partial charge < -0.3 is 8.85 Å². The summed E-state index contributed by atoms with van der Waals surface area (Å²) >= 11 is 0. The molecule has 0 spiro atoms. The van der Waals surface area contributed by atoms with Crippen molar-refractivity contribution >= 4 is 22.5 Å². The summed E-state index contributed by atoms with van der Waals surface area (Å²) in [5.74, 6) is 0.380. The molecule has 2 fully saturated rings. The van der Waals surface area contributed by atoms with Crippen LogP contribution >= 0.6 is 0 Å². The summed E-state index contributed by atoms with van der Waals surface area (Å²) in [4.78, 5) is 18.8. The third kappa shape index (κ3) is 8.48. The quantitative estimate of drug-likeness (QED) is 0.146. The molecule has 2 saturated carbocycles. The van der Waals surface area contributed by atoms with Gasteiger partial charge in [0.15, 0.2) is 16.6 Å². The van der Waals surface area contributed by atoms with Crippen LogP contribution in [-0.2, 0) is 18.5 Å². The maximum Gasteiger partial charge on any atom is 0.243 e. The Bertz CT molecular complexity index is 1240. The van der Waals surface area contributed by atoms with E-state index in [0.29, 0.717) is 5.92 Å². The highest BCUT2D eigenvalue weighted by atomic mass is 28.4. The number of amides is 1. The Hall–Kier alpha value is -1.26. The summed E-state index contributed by atoms with van der Waals surface area (Å²) in [6.07, 6.45) is 13.3. The standard InChI is InChI=1S/C39H69NO4Si2/c1-27-31(25-32(43-45(14,15)37(7,8)9)26-35(27)44-46(16,17)38(10,11)12)21-20-30-19-18-24-39(13)33(22-23-34(30)39)28(2)42-40(29(3)41)36(4,5)6/h20-22,28,32,34-35H,1,18-19,23-26H2,2-17H3/t28-,32-,34?,35+,39-/m1/s1. The van der Waals surface area contributed by atoms with Gasteiger partial charge in [-0.15, -0.1) is 0 Å². The maximum absolute atomic E-state index is 12.5. The maximum atomic E-state index is 12.5. The van der Waals surface area contributed by atoms with Crippen molar-refractivity contribution in [3.8, 4) is 0 Å². The molecule has 46 heavy (non-hydrogen) atoms. The Labute approximate surface area is 285 Å². The van der Waals surface area contributed by atoms with Gasteiger partial charge in [0.25, 0.3) is 0 Å². The van der Waals surface area contributed by atoms with E-state index in [-0.39, 0.29) is 39.7 Å². The molecule has 0 bridgehead atoms. The van der Waals surface area contributed by atoms with Crippen molar-refractivity contribution in [2.75, 3.05) is 0 Å². The van der Waals surface area contributed by atoms with E-state index in [1.807, 2.05) is 20.8 Å². The van der Waals surface area contributed by atoms with Crippen molar-refractivity contribution in [3.63, 3.8) is 0 Å². The fourth-order valence-corrected chi connectivity index (χ4v) is 9.84. The van der Waals surface area contributed by atoms with E-state index in [1.54, 1.807) is 12.0 Å². The van der Waals surface area contributed by atoms with Crippen LogP contribution in [0.25, 0.3) is 0 Å². The lowest BCUT2D eigenvalue weighted by Crippen LogP contribution is -2.49. The van der Waals surface area contributed by atoms with Gasteiger partial charge in [0, 0.05) is 13.3 Å². The number of rotatable bonds is 8. The normalized spacial score (nSPS) is 29.2. The molecule has 3 rings (SSSR count). The zero-order valence-corrected chi connectivity index (χ0v) is 34.6. The highest BCUT2D eigenvalue weighted by Gasteiger charge is 2.48. The summed E-state index contributed by atoms with van der Waals surface area (Å²) in [6, 6.07) is 0. The van der Waals surface area contributed by atoms with Crippen molar-refractivity contribution < 1.29 is 18.5 Å². The summed E-state index contributed by atoms with van der Waals surface area (Å²) in [7, 11) is -3.97. The van der Waals surface area contributed by atoms with Crippen LogP contribution in [0, 0.1) is 11.3 Å². The second-order valence-corrected chi connectivity index (χ2v) is 28.2. The number of carbonyl (C=O) groups is 1. The van der Waals surface area contributed by atoms with Crippen molar-refractivity contribution in [3.05, 3.63) is 47.1 Å². The van der Waals surface area contributed by atoms with Gasteiger partial charge in [0.1, 0.15) is 6.10 Å². The van der Waals surface area contributed by atoms with Crippen molar-refractivity contribution in [2.24, 2.45) is 11.3 Å². The van der Waals surface area contributed by atoms with Gasteiger partial charge in [-0.05, 0) is 124 Å². The minimum absolute atomic E-state index is 0.0181. The van der Waals surface area contributed by atoms with E-state index in [9.17, 15) is 4.79 Å². The number of carbonyl (C=O) groups excluding carboxylic acids is 1. The first-order valence-corrected chi connectivity index (χ1v) is 23.7. The largest absolute Gasteiger partial charge is 0.413 e. The monoisotopic (exact) mass is 671 g/mol. The fourth-order valence-electron chi connectivity index (χ4n) is 7.17. The Morgan fingerprint density at radius 2 is 1.57 bits per heavy atom. The number of hydrogen-bond donors (Lipinski definition) is 0. The topological polar surface area (TPSA) is 48.0 Å². The van der Waals surface area contributed by atoms with Crippen LogP contribution in [0.1, 0.15) is 122 Å².